The van der Waals surface area contributed by atoms with Gasteiger partial charge in [0.25, 0.3) is 0 Å². The zero-order valence-electron chi connectivity index (χ0n) is 6.96. The molecule has 0 aromatic heterocycles. The van der Waals surface area contributed by atoms with E-state index in [-0.39, 0.29) is 0 Å². The van der Waals surface area contributed by atoms with Crippen molar-refractivity contribution in [3.8, 4) is 0 Å². The molecular formula is C8H16N2. The molecule has 1 heterocycles. The van der Waals surface area contributed by atoms with Gasteiger partial charge in [0.1, 0.15) is 0 Å². The maximum atomic E-state index is 4.06. The normalized spacial score (nSPS) is 32.4. The first-order valence-corrected chi connectivity index (χ1v) is 3.98. The van der Waals surface area contributed by atoms with Crippen molar-refractivity contribution in [2.75, 3.05) is 6.54 Å². The van der Waals surface area contributed by atoms with Crippen LogP contribution in [0.4, 0.5) is 0 Å². The highest BCUT2D eigenvalue weighted by Crippen LogP contribution is 2.19. The van der Waals surface area contributed by atoms with Crippen LogP contribution in [0.2, 0.25) is 0 Å². The van der Waals surface area contributed by atoms with Crippen LogP contribution in [0.25, 0.3) is 0 Å². The number of hydrogen-bond acceptors (Lipinski definition) is 2. The van der Waals surface area contributed by atoms with Crippen LogP contribution in [0.15, 0.2) is 5.10 Å². The Hall–Kier alpha value is -0.530. The Bertz CT molecular complexity index is 129. The number of hydrogen-bond donors (Lipinski definition) is 1. The summed E-state index contributed by atoms with van der Waals surface area (Å²) in [5, 5.41) is 4.06. The van der Waals surface area contributed by atoms with Crippen LogP contribution in [-0.4, -0.2) is 12.8 Å². The zero-order chi connectivity index (χ0) is 7.56. The van der Waals surface area contributed by atoms with Gasteiger partial charge in [0.2, 0.25) is 0 Å². The van der Waals surface area contributed by atoms with Gasteiger partial charge in [-0.2, -0.15) is 5.10 Å². The van der Waals surface area contributed by atoms with Gasteiger partial charge >= 0.3 is 0 Å². The molecule has 1 aliphatic rings. The lowest BCUT2D eigenvalue weighted by atomic mass is 9.85. The summed E-state index contributed by atoms with van der Waals surface area (Å²) in [7, 11) is 0. The molecule has 0 amide bonds. The summed E-state index contributed by atoms with van der Waals surface area (Å²) in [4.78, 5) is 0. The summed E-state index contributed by atoms with van der Waals surface area (Å²) >= 11 is 0. The topological polar surface area (TPSA) is 24.4 Å². The third-order valence-electron chi connectivity index (χ3n) is 2.18. The number of nitrogens with one attached hydrogen (secondary N) is 1. The van der Waals surface area contributed by atoms with Gasteiger partial charge in [0.15, 0.2) is 0 Å². The molecule has 2 atom stereocenters. The summed E-state index contributed by atoms with van der Waals surface area (Å²) < 4.78 is 0. The maximum absolute atomic E-state index is 4.06. The van der Waals surface area contributed by atoms with E-state index in [2.05, 4.69) is 31.3 Å². The lowest BCUT2D eigenvalue weighted by Gasteiger charge is -2.26. The van der Waals surface area contributed by atoms with E-state index in [1.165, 1.54) is 0 Å². The Labute approximate surface area is 62.7 Å². The van der Waals surface area contributed by atoms with Gasteiger partial charge in [-0.15, -0.1) is 0 Å². The van der Waals surface area contributed by atoms with Crippen molar-refractivity contribution in [2.24, 2.45) is 22.9 Å². The van der Waals surface area contributed by atoms with Crippen LogP contribution < -0.4 is 5.43 Å². The van der Waals surface area contributed by atoms with Crippen LogP contribution in [0.1, 0.15) is 20.8 Å². The van der Waals surface area contributed by atoms with E-state index < -0.39 is 0 Å². The molecule has 0 spiro atoms. The van der Waals surface area contributed by atoms with Crippen molar-refractivity contribution in [2.45, 2.75) is 20.8 Å². The van der Waals surface area contributed by atoms with Crippen molar-refractivity contribution in [1.82, 2.24) is 5.43 Å². The van der Waals surface area contributed by atoms with Gasteiger partial charge in [-0.1, -0.05) is 20.8 Å². The summed E-state index contributed by atoms with van der Waals surface area (Å²) in [6, 6.07) is 0. The summed E-state index contributed by atoms with van der Waals surface area (Å²) in [5.41, 5.74) is 2.99. The van der Waals surface area contributed by atoms with Crippen LogP contribution in [-0.2, 0) is 0 Å². The van der Waals surface area contributed by atoms with E-state index in [1.54, 1.807) is 0 Å². The molecule has 1 rings (SSSR count). The van der Waals surface area contributed by atoms with E-state index in [4.69, 9.17) is 0 Å². The molecule has 0 fully saturated rings. The lowest BCUT2D eigenvalue weighted by Crippen LogP contribution is -2.32. The number of hydrazone groups is 1. The molecule has 58 valence electrons. The van der Waals surface area contributed by atoms with Crippen LogP contribution in [0.5, 0.6) is 0 Å². The fourth-order valence-corrected chi connectivity index (χ4v) is 1.45. The summed E-state index contributed by atoms with van der Waals surface area (Å²) in [6.45, 7) is 7.79. The molecule has 0 aromatic rings. The van der Waals surface area contributed by atoms with Gasteiger partial charge in [0, 0.05) is 18.7 Å². The molecule has 2 unspecified atom stereocenters. The van der Waals surface area contributed by atoms with E-state index in [1.807, 2.05) is 6.21 Å². The summed E-state index contributed by atoms with van der Waals surface area (Å²) in [6.07, 6.45) is 2.04. The molecular weight excluding hydrogens is 124 g/mol. The van der Waals surface area contributed by atoms with Crippen LogP contribution in [0, 0.1) is 17.8 Å². The highest BCUT2D eigenvalue weighted by atomic mass is 15.3. The Kier molecular flexibility index (Phi) is 2.30. The molecule has 0 radical (unpaired) electrons. The van der Waals surface area contributed by atoms with E-state index >= 15 is 0 Å². The molecule has 0 saturated heterocycles. The molecule has 2 heteroatoms. The van der Waals surface area contributed by atoms with E-state index in [0.29, 0.717) is 5.92 Å². The minimum Gasteiger partial charge on any atom is -0.310 e. The number of nitrogens with zero attached hydrogens (tertiary/aromatic N) is 1. The largest absolute Gasteiger partial charge is 0.310 e. The van der Waals surface area contributed by atoms with Crippen LogP contribution >= 0.6 is 0 Å². The second-order valence-electron chi connectivity index (χ2n) is 3.44. The van der Waals surface area contributed by atoms with Crippen molar-refractivity contribution >= 4 is 6.21 Å². The minimum atomic E-state index is 0.668. The minimum absolute atomic E-state index is 0.668. The quantitative estimate of drug-likeness (QED) is 0.586. The Balaban J connectivity index is 2.55. The molecule has 10 heavy (non-hydrogen) atoms. The third kappa shape index (κ3) is 1.49. The Morgan fingerprint density at radius 2 is 2.30 bits per heavy atom. The van der Waals surface area contributed by atoms with Crippen LogP contribution in [0.3, 0.4) is 0 Å². The Morgan fingerprint density at radius 1 is 1.60 bits per heavy atom. The second kappa shape index (κ2) is 3.04. The van der Waals surface area contributed by atoms with Gasteiger partial charge in [-0.3, -0.25) is 0 Å². The van der Waals surface area contributed by atoms with Crippen molar-refractivity contribution in [3.05, 3.63) is 0 Å². The predicted molar refractivity (Wildman–Crippen MR) is 44.0 cm³/mol. The third-order valence-corrected chi connectivity index (χ3v) is 2.18. The number of rotatable bonds is 1. The lowest BCUT2D eigenvalue weighted by molar-refractivity contribution is 0.332. The smallest absolute Gasteiger partial charge is 0.0361 e. The van der Waals surface area contributed by atoms with Crippen molar-refractivity contribution in [1.29, 1.82) is 0 Å². The zero-order valence-corrected chi connectivity index (χ0v) is 6.96. The average Bonchev–Trinajstić information content (AvgIpc) is 1.88. The maximum Gasteiger partial charge on any atom is 0.0361 e. The molecule has 2 nitrogen and oxygen atoms in total. The van der Waals surface area contributed by atoms with Gasteiger partial charge in [0.05, 0.1) is 0 Å². The highest BCUT2D eigenvalue weighted by Gasteiger charge is 2.20. The Morgan fingerprint density at radius 3 is 2.70 bits per heavy atom. The highest BCUT2D eigenvalue weighted by molar-refractivity contribution is 5.61. The summed E-state index contributed by atoms with van der Waals surface area (Å²) in [5.74, 6) is 2.12. The molecule has 0 saturated carbocycles. The molecule has 1 N–H and O–H groups in total. The monoisotopic (exact) mass is 140 g/mol. The van der Waals surface area contributed by atoms with Gasteiger partial charge < -0.3 is 5.43 Å². The van der Waals surface area contributed by atoms with E-state index in [0.717, 1.165) is 18.4 Å². The molecule has 1 aliphatic heterocycles. The first-order valence-electron chi connectivity index (χ1n) is 3.98. The SMILES string of the molecule is CC(C)C1C=NNCC1C. The van der Waals surface area contributed by atoms with Crippen molar-refractivity contribution in [3.63, 3.8) is 0 Å². The molecule has 0 aliphatic carbocycles. The van der Waals surface area contributed by atoms with Gasteiger partial charge in [-0.25, -0.2) is 0 Å². The average molecular weight is 140 g/mol. The predicted octanol–water partition coefficient (Wildman–Crippen LogP) is 1.48. The van der Waals surface area contributed by atoms with Crippen molar-refractivity contribution < 1.29 is 0 Å². The first kappa shape index (κ1) is 7.58. The fraction of sp³-hybridized carbons (Fsp3) is 0.875. The molecule has 0 aromatic carbocycles. The van der Waals surface area contributed by atoms with Gasteiger partial charge in [-0.05, 0) is 11.8 Å². The molecule has 0 bridgehead atoms. The van der Waals surface area contributed by atoms with E-state index in [9.17, 15) is 0 Å². The standard InChI is InChI=1S/C8H16N2/c1-6(2)8-5-10-9-4-7(8)3/h5-9H,4H2,1-3H3. The fourth-order valence-electron chi connectivity index (χ4n) is 1.45. The first-order chi connectivity index (χ1) is 4.72. The second-order valence-corrected chi connectivity index (χ2v) is 3.44.